The monoisotopic (exact) mass is 286 g/mol. The van der Waals surface area contributed by atoms with Crippen LogP contribution >= 0.6 is 0 Å². The lowest BCUT2D eigenvalue weighted by Gasteiger charge is -2.12. The second kappa shape index (κ2) is 6.26. The molecule has 0 aromatic heterocycles. The molecule has 21 heavy (non-hydrogen) atoms. The van der Waals surface area contributed by atoms with Gasteiger partial charge < -0.3 is 9.64 Å². The highest BCUT2D eigenvalue weighted by molar-refractivity contribution is 5.50. The van der Waals surface area contributed by atoms with Gasteiger partial charge in [0.25, 0.3) is 0 Å². The molecule has 2 aromatic rings. The van der Waals surface area contributed by atoms with Gasteiger partial charge in [0.05, 0.1) is 12.0 Å². The third-order valence-electron chi connectivity index (χ3n) is 3.30. The van der Waals surface area contributed by atoms with Gasteiger partial charge in [-0.3, -0.25) is 10.1 Å². The highest BCUT2D eigenvalue weighted by Gasteiger charge is 2.15. The first kappa shape index (κ1) is 14.8. The lowest BCUT2D eigenvalue weighted by atomic mass is 10.0. The topological polar surface area (TPSA) is 55.6 Å². The van der Waals surface area contributed by atoms with Crippen LogP contribution in [0.25, 0.3) is 0 Å². The summed E-state index contributed by atoms with van der Waals surface area (Å²) in [5, 5.41) is 11.0. The summed E-state index contributed by atoms with van der Waals surface area (Å²) in [6.07, 6.45) is 0.651. The molecular formula is C16H18N2O3. The molecule has 0 radical (unpaired) electrons. The smallest absolute Gasteiger partial charge is 0.311 e. The van der Waals surface area contributed by atoms with E-state index in [1.807, 2.05) is 49.3 Å². The number of hydrogen-bond acceptors (Lipinski definition) is 4. The normalized spacial score (nSPS) is 10.2. The third kappa shape index (κ3) is 3.51. The number of anilines is 1. The minimum absolute atomic E-state index is 0.0000818. The molecule has 110 valence electrons. The summed E-state index contributed by atoms with van der Waals surface area (Å²) in [4.78, 5) is 12.6. The van der Waals surface area contributed by atoms with Crippen LogP contribution in [-0.4, -0.2) is 26.1 Å². The Hall–Kier alpha value is -2.56. The van der Waals surface area contributed by atoms with E-state index in [-0.39, 0.29) is 11.4 Å². The van der Waals surface area contributed by atoms with Gasteiger partial charge in [0, 0.05) is 25.8 Å². The Bertz CT molecular complexity index is 636. The van der Waals surface area contributed by atoms with Gasteiger partial charge in [-0.25, -0.2) is 0 Å². The van der Waals surface area contributed by atoms with Crippen LogP contribution in [0.5, 0.6) is 5.75 Å². The maximum Gasteiger partial charge on any atom is 0.311 e. The van der Waals surface area contributed by atoms with Crippen LogP contribution in [0, 0.1) is 10.1 Å². The molecule has 0 aliphatic carbocycles. The number of ether oxygens (including phenoxy) is 1. The lowest BCUT2D eigenvalue weighted by molar-refractivity contribution is -0.385. The second-order valence-electron chi connectivity index (χ2n) is 5.00. The first-order valence-electron chi connectivity index (χ1n) is 6.59. The maximum absolute atomic E-state index is 11.0. The van der Waals surface area contributed by atoms with Crippen molar-refractivity contribution in [2.45, 2.75) is 6.42 Å². The van der Waals surface area contributed by atoms with E-state index in [1.165, 1.54) is 7.11 Å². The second-order valence-corrected chi connectivity index (χ2v) is 5.00. The van der Waals surface area contributed by atoms with Crippen molar-refractivity contribution in [2.24, 2.45) is 0 Å². The highest BCUT2D eigenvalue weighted by atomic mass is 16.6. The average molecular weight is 286 g/mol. The summed E-state index contributed by atoms with van der Waals surface area (Å²) < 4.78 is 5.01. The molecule has 0 saturated carbocycles. The van der Waals surface area contributed by atoms with Gasteiger partial charge in [0.2, 0.25) is 0 Å². The predicted molar refractivity (Wildman–Crippen MR) is 83.2 cm³/mol. The van der Waals surface area contributed by atoms with Crippen LogP contribution in [0.15, 0.2) is 42.5 Å². The minimum Gasteiger partial charge on any atom is -0.490 e. The van der Waals surface area contributed by atoms with Crippen LogP contribution in [0.2, 0.25) is 0 Å². The largest absolute Gasteiger partial charge is 0.490 e. The van der Waals surface area contributed by atoms with Crippen molar-refractivity contribution in [3.8, 4) is 5.75 Å². The zero-order chi connectivity index (χ0) is 15.4. The summed E-state index contributed by atoms with van der Waals surface area (Å²) in [5.41, 5.74) is 3.12. The van der Waals surface area contributed by atoms with Gasteiger partial charge in [-0.2, -0.15) is 0 Å². The van der Waals surface area contributed by atoms with Gasteiger partial charge >= 0.3 is 5.69 Å². The molecule has 0 aliphatic rings. The zero-order valence-corrected chi connectivity index (χ0v) is 12.4. The molecule has 0 saturated heterocycles. The Balaban J connectivity index is 2.23. The van der Waals surface area contributed by atoms with Crippen molar-refractivity contribution in [3.63, 3.8) is 0 Å². The summed E-state index contributed by atoms with van der Waals surface area (Å²) in [6, 6.07) is 13.2. The Labute approximate surface area is 123 Å². The van der Waals surface area contributed by atoms with Crippen molar-refractivity contribution in [1.29, 1.82) is 0 Å². The van der Waals surface area contributed by atoms with Crippen molar-refractivity contribution < 1.29 is 9.66 Å². The predicted octanol–water partition coefficient (Wildman–Crippen LogP) is 3.26. The molecule has 0 heterocycles. The minimum atomic E-state index is -0.419. The third-order valence-corrected chi connectivity index (χ3v) is 3.30. The Morgan fingerprint density at radius 1 is 1.10 bits per heavy atom. The van der Waals surface area contributed by atoms with Crippen LogP contribution < -0.4 is 9.64 Å². The van der Waals surface area contributed by atoms with E-state index < -0.39 is 4.92 Å². The molecule has 0 amide bonds. The number of hydrogen-bond donors (Lipinski definition) is 0. The van der Waals surface area contributed by atoms with Crippen LogP contribution in [-0.2, 0) is 6.42 Å². The quantitative estimate of drug-likeness (QED) is 0.625. The summed E-state index contributed by atoms with van der Waals surface area (Å²) >= 11 is 0. The fraction of sp³-hybridized carbons (Fsp3) is 0.250. The van der Waals surface area contributed by atoms with Crippen molar-refractivity contribution in [1.82, 2.24) is 0 Å². The Kier molecular flexibility index (Phi) is 4.42. The van der Waals surface area contributed by atoms with Crippen molar-refractivity contribution >= 4 is 11.4 Å². The van der Waals surface area contributed by atoms with E-state index in [0.29, 0.717) is 6.42 Å². The van der Waals surface area contributed by atoms with E-state index in [0.717, 1.165) is 16.8 Å². The van der Waals surface area contributed by atoms with Crippen molar-refractivity contribution in [3.05, 3.63) is 63.7 Å². The van der Waals surface area contributed by atoms with E-state index in [2.05, 4.69) is 0 Å². The molecule has 5 nitrogen and oxygen atoms in total. The first-order chi connectivity index (χ1) is 10.0. The average Bonchev–Trinajstić information content (AvgIpc) is 2.47. The molecule has 2 rings (SSSR count). The fourth-order valence-electron chi connectivity index (χ4n) is 2.14. The van der Waals surface area contributed by atoms with E-state index in [4.69, 9.17) is 4.74 Å². The van der Waals surface area contributed by atoms with Gasteiger partial charge in [-0.15, -0.1) is 0 Å². The highest BCUT2D eigenvalue weighted by Crippen LogP contribution is 2.28. The Morgan fingerprint density at radius 3 is 2.24 bits per heavy atom. The fourth-order valence-corrected chi connectivity index (χ4v) is 2.14. The molecule has 0 bridgehead atoms. The molecule has 0 atom stereocenters. The number of nitro groups is 1. The summed E-state index contributed by atoms with van der Waals surface area (Å²) in [5.74, 6) is 0.284. The van der Waals surface area contributed by atoms with Gasteiger partial charge in [0.15, 0.2) is 5.75 Å². The summed E-state index contributed by atoms with van der Waals surface area (Å²) in [6.45, 7) is 0. The summed E-state index contributed by atoms with van der Waals surface area (Å²) in [7, 11) is 5.41. The molecule has 0 aliphatic heterocycles. The SMILES string of the molecule is COc1ccc(Cc2ccc(N(C)C)cc2)cc1[N+](=O)[O-]. The van der Waals surface area contributed by atoms with E-state index in [9.17, 15) is 10.1 Å². The van der Waals surface area contributed by atoms with Gasteiger partial charge in [-0.05, 0) is 35.7 Å². The van der Waals surface area contributed by atoms with E-state index in [1.54, 1.807) is 12.1 Å². The molecule has 2 aromatic carbocycles. The van der Waals surface area contributed by atoms with Crippen LogP contribution in [0.1, 0.15) is 11.1 Å². The lowest BCUT2D eigenvalue weighted by Crippen LogP contribution is -2.08. The molecule has 0 fully saturated rings. The Morgan fingerprint density at radius 2 is 1.71 bits per heavy atom. The zero-order valence-electron chi connectivity index (χ0n) is 12.4. The number of nitro benzene ring substituents is 1. The molecule has 0 spiro atoms. The standard InChI is InChI=1S/C16H18N2O3/c1-17(2)14-7-4-12(5-8-14)10-13-6-9-16(21-3)15(11-13)18(19)20/h4-9,11H,10H2,1-3H3. The number of benzene rings is 2. The van der Waals surface area contributed by atoms with E-state index >= 15 is 0 Å². The maximum atomic E-state index is 11.0. The van der Waals surface area contributed by atoms with Gasteiger partial charge in [-0.1, -0.05) is 18.2 Å². The first-order valence-corrected chi connectivity index (χ1v) is 6.59. The van der Waals surface area contributed by atoms with Gasteiger partial charge in [0.1, 0.15) is 0 Å². The molecule has 5 heteroatoms. The van der Waals surface area contributed by atoms with Crippen LogP contribution in [0.4, 0.5) is 11.4 Å². The number of nitrogens with zero attached hydrogens (tertiary/aromatic N) is 2. The number of methoxy groups -OCH3 is 1. The number of rotatable bonds is 5. The van der Waals surface area contributed by atoms with Crippen LogP contribution in [0.3, 0.4) is 0 Å². The van der Waals surface area contributed by atoms with Crippen molar-refractivity contribution in [2.75, 3.05) is 26.1 Å². The molecule has 0 N–H and O–H groups in total. The molecular weight excluding hydrogens is 268 g/mol. The molecule has 0 unspecified atom stereocenters.